The molecule has 4 fully saturated rings. The molecule has 0 atom stereocenters. The van der Waals surface area contributed by atoms with E-state index in [-0.39, 0.29) is 15.5 Å². The van der Waals surface area contributed by atoms with Gasteiger partial charge in [0.15, 0.2) is 5.11 Å². The van der Waals surface area contributed by atoms with Gasteiger partial charge in [0, 0.05) is 5.54 Å². The Morgan fingerprint density at radius 1 is 1.08 bits per heavy atom. The molecule has 1 aromatic carbocycles. The summed E-state index contributed by atoms with van der Waals surface area (Å²) in [5.74, 6) is 2.95. The van der Waals surface area contributed by atoms with Crippen LogP contribution in [0.25, 0.3) is 0 Å². The molecule has 0 spiro atoms. The van der Waals surface area contributed by atoms with Crippen LogP contribution in [0.5, 0.6) is 5.75 Å². The van der Waals surface area contributed by atoms with E-state index in [4.69, 9.17) is 17.0 Å². The van der Waals surface area contributed by atoms with E-state index in [2.05, 4.69) is 10.0 Å². The van der Waals surface area contributed by atoms with Crippen molar-refractivity contribution in [2.45, 2.75) is 49.0 Å². The van der Waals surface area contributed by atoms with Crippen LogP contribution < -0.4 is 14.8 Å². The lowest BCUT2D eigenvalue weighted by Crippen LogP contribution is -2.61. The molecule has 5 rings (SSSR count). The molecule has 4 saturated carbocycles. The summed E-state index contributed by atoms with van der Waals surface area (Å²) in [4.78, 5) is 0.183. The quantitative estimate of drug-likeness (QED) is 0.786. The summed E-state index contributed by atoms with van der Waals surface area (Å²) in [5, 5.41) is 3.61. The molecule has 0 saturated heterocycles. The second-order valence-electron chi connectivity index (χ2n) is 7.93. The van der Waals surface area contributed by atoms with Crippen LogP contribution in [0.1, 0.15) is 38.5 Å². The van der Waals surface area contributed by atoms with Crippen LogP contribution in [0.4, 0.5) is 0 Å². The molecule has 1 aromatic rings. The number of methoxy groups -OCH3 is 1. The van der Waals surface area contributed by atoms with Crippen molar-refractivity contribution in [3.63, 3.8) is 0 Å². The number of hydrogen-bond acceptors (Lipinski definition) is 4. The van der Waals surface area contributed by atoms with Crippen molar-refractivity contribution in [3.8, 4) is 5.75 Å². The van der Waals surface area contributed by atoms with Crippen LogP contribution in [-0.2, 0) is 10.0 Å². The summed E-state index contributed by atoms with van der Waals surface area (Å²) in [6.45, 7) is 0. The molecule has 0 radical (unpaired) electrons. The first-order valence-electron chi connectivity index (χ1n) is 8.86. The van der Waals surface area contributed by atoms with Gasteiger partial charge in [-0.1, -0.05) is 0 Å². The Morgan fingerprint density at radius 2 is 1.60 bits per heavy atom. The van der Waals surface area contributed by atoms with Crippen molar-refractivity contribution in [1.82, 2.24) is 10.0 Å². The fourth-order valence-electron chi connectivity index (χ4n) is 5.47. The Bertz CT molecular complexity index is 739. The Hall–Kier alpha value is -1.34. The molecule has 136 valence electrons. The standard InChI is InChI=1S/C18H24N2O3S2/c1-23-15-2-4-16(5-3-15)25(21,22)20-17(24)19-18-9-12-6-13(10-18)8-14(7-12)11-18/h2-5,12-14H,6-11H2,1H3,(H2,19,20,24). The van der Waals surface area contributed by atoms with Gasteiger partial charge in [0.25, 0.3) is 10.0 Å². The number of nitrogens with one attached hydrogen (secondary N) is 2. The Morgan fingerprint density at radius 3 is 2.08 bits per heavy atom. The zero-order chi connectivity index (χ0) is 17.7. The van der Waals surface area contributed by atoms with Gasteiger partial charge in [-0.25, -0.2) is 8.42 Å². The molecular formula is C18H24N2O3S2. The van der Waals surface area contributed by atoms with Gasteiger partial charge >= 0.3 is 0 Å². The molecule has 0 amide bonds. The predicted molar refractivity (Wildman–Crippen MR) is 100.0 cm³/mol. The van der Waals surface area contributed by atoms with Gasteiger partial charge in [-0.05, 0) is 92.8 Å². The molecule has 25 heavy (non-hydrogen) atoms. The van der Waals surface area contributed by atoms with Gasteiger partial charge in [-0.2, -0.15) is 0 Å². The van der Waals surface area contributed by atoms with Crippen molar-refractivity contribution in [1.29, 1.82) is 0 Å². The molecule has 4 aliphatic rings. The third kappa shape index (κ3) is 3.36. The summed E-state index contributed by atoms with van der Waals surface area (Å²) in [6, 6.07) is 6.30. The molecule has 0 aromatic heterocycles. The van der Waals surface area contributed by atoms with Gasteiger partial charge < -0.3 is 10.1 Å². The normalized spacial score (nSPS) is 33.1. The molecule has 0 aliphatic heterocycles. The topological polar surface area (TPSA) is 67.4 Å². The van der Waals surface area contributed by atoms with Gasteiger partial charge in [-0.3, -0.25) is 4.72 Å². The summed E-state index contributed by atoms with van der Waals surface area (Å²) in [6.07, 6.45) is 7.36. The second-order valence-corrected chi connectivity index (χ2v) is 10.0. The van der Waals surface area contributed by atoms with Crippen molar-refractivity contribution in [3.05, 3.63) is 24.3 Å². The fraction of sp³-hybridized carbons (Fsp3) is 0.611. The van der Waals surface area contributed by atoms with Crippen LogP contribution >= 0.6 is 12.2 Å². The maximum absolute atomic E-state index is 12.5. The lowest BCUT2D eigenvalue weighted by atomic mass is 9.53. The van der Waals surface area contributed by atoms with Crippen molar-refractivity contribution in [2.24, 2.45) is 17.8 Å². The lowest BCUT2D eigenvalue weighted by molar-refractivity contribution is -0.00996. The smallest absolute Gasteiger partial charge is 0.263 e. The van der Waals surface area contributed by atoms with E-state index < -0.39 is 10.0 Å². The highest BCUT2D eigenvalue weighted by atomic mass is 32.2. The molecule has 5 nitrogen and oxygen atoms in total. The predicted octanol–water partition coefficient (Wildman–Crippen LogP) is 2.82. The Labute approximate surface area is 154 Å². The van der Waals surface area contributed by atoms with Gasteiger partial charge in [-0.15, -0.1) is 0 Å². The minimum Gasteiger partial charge on any atom is -0.497 e. The van der Waals surface area contributed by atoms with E-state index >= 15 is 0 Å². The minimum absolute atomic E-state index is 0.00569. The summed E-state index contributed by atoms with van der Waals surface area (Å²) in [5.41, 5.74) is -0.00569. The monoisotopic (exact) mass is 380 g/mol. The van der Waals surface area contributed by atoms with Crippen LogP contribution in [0.2, 0.25) is 0 Å². The van der Waals surface area contributed by atoms with E-state index in [1.165, 1.54) is 31.4 Å². The summed E-state index contributed by atoms with van der Waals surface area (Å²) < 4.78 is 32.7. The van der Waals surface area contributed by atoms with Crippen LogP contribution in [0, 0.1) is 17.8 Å². The van der Waals surface area contributed by atoms with Crippen molar-refractivity contribution < 1.29 is 13.2 Å². The highest BCUT2D eigenvalue weighted by Gasteiger charge is 2.51. The van der Waals surface area contributed by atoms with E-state index in [9.17, 15) is 8.42 Å². The summed E-state index contributed by atoms with van der Waals surface area (Å²) >= 11 is 5.36. The van der Waals surface area contributed by atoms with E-state index in [1.54, 1.807) is 19.2 Å². The molecular weight excluding hydrogens is 356 g/mol. The minimum atomic E-state index is -3.68. The molecule has 7 heteroatoms. The number of benzene rings is 1. The first-order valence-corrected chi connectivity index (χ1v) is 10.8. The molecule has 4 bridgehead atoms. The average Bonchev–Trinajstić information content (AvgIpc) is 2.52. The van der Waals surface area contributed by atoms with Crippen molar-refractivity contribution in [2.75, 3.05) is 7.11 Å². The van der Waals surface area contributed by atoms with Gasteiger partial charge in [0.1, 0.15) is 5.75 Å². The molecule has 2 N–H and O–H groups in total. The highest BCUT2D eigenvalue weighted by Crippen LogP contribution is 2.55. The highest BCUT2D eigenvalue weighted by molar-refractivity contribution is 7.91. The van der Waals surface area contributed by atoms with Gasteiger partial charge in [0.2, 0.25) is 0 Å². The summed E-state index contributed by atoms with van der Waals surface area (Å²) in [7, 11) is -2.13. The zero-order valence-corrected chi connectivity index (χ0v) is 16.0. The number of hydrogen-bond donors (Lipinski definition) is 2. The average molecular weight is 381 g/mol. The van der Waals surface area contributed by atoms with Crippen LogP contribution in [-0.4, -0.2) is 26.2 Å². The van der Waals surface area contributed by atoms with E-state index in [0.29, 0.717) is 5.75 Å². The third-order valence-electron chi connectivity index (χ3n) is 6.01. The molecule has 0 heterocycles. The molecule has 0 unspecified atom stereocenters. The van der Waals surface area contributed by atoms with E-state index in [1.807, 2.05) is 0 Å². The first kappa shape index (κ1) is 17.1. The van der Waals surface area contributed by atoms with Crippen LogP contribution in [0.15, 0.2) is 29.2 Å². The largest absolute Gasteiger partial charge is 0.497 e. The number of rotatable bonds is 4. The molecule has 4 aliphatic carbocycles. The first-order chi connectivity index (χ1) is 11.9. The maximum Gasteiger partial charge on any atom is 0.263 e. The maximum atomic E-state index is 12.5. The van der Waals surface area contributed by atoms with Gasteiger partial charge in [0.05, 0.1) is 12.0 Å². The van der Waals surface area contributed by atoms with Crippen molar-refractivity contribution >= 4 is 27.4 Å². The SMILES string of the molecule is COc1ccc(S(=O)(=O)NC(=S)NC23CC4CC(CC(C4)C2)C3)cc1. The zero-order valence-electron chi connectivity index (χ0n) is 14.3. The Balaban J connectivity index is 1.44. The number of sulfonamides is 1. The van der Waals surface area contributed by atoms with Crippen LogP contribution in [0.3, 0.4) is 0 Å². The third-order valence-corrected chi connectivity index (χ3v) is 7.71. The lowest BCUT2D eigenvalue weighted by Gasteiger charge is -2.57. The van der Waals surface area contributed by atoms with E-state index in [0.717, 1.165) is 37.0 Å². The number of thiocarbonyl (C=S) groups is 1. The fourth-order valence-corrected chi connectivity index (χ4v) is 6.92. The number of ether oxygens (including phenoxy) is 1. The second kappa shape index (κ2) is 6.13. The Kier molecular flexibility index (Phi) is 4.19.